The molecular formula is C22H27ClN4O2S. The summed E-state index contributed by atoms with van der Waals surface area (Å²) in [6, 6.07) is 8.20. The molecular weight excluding hydrogens is 420 g/mol. The number of anilines is 2. The SMILES string of the molecule is O=[S@]1CN(C2(CO)CCC2)c2nc(N3CCCC(c4ccc(Cl)cc4)CC3)ncc21. The predicted octanol–water partition coefficient (Wildman–Crippen LogP) is 3.70. The van der Waals surface area contributed by atoms with Crippen LogP contribution in [0.1, 0.15) is 50.0 Å². The lowest BCUT2D eigenvalue weighted by Gasteiger charge is -2.47. The molecule has 160 valence electrons. The zero-order valence-electron chi connectivity index (χ0n) is 17.0. The van der Waals surface area contributed by atoms with E-state index < -0.39 is 10.8 Å². The van der Waals surface area contributed by atoms with Crippen LogP contribution < -0.4 is 9.80 Å². The molecule has 2 fully saturated rings. The Morgan fingerprint density at radius 1 is 1.17 bits per heavy atom. The highest BCUT2D eigenvalue weighted by Crippen LogP contribution is 2.44. The number of benzene rings is 1. The van der Waals surface area contributed by atoms with Crippen LogP contribution in [-0.4, -0.2) is 50.4 Å². The van der Waals surface area contributed by atoms with Crippen molar-refractivity contribution in [3.05, 3.63) is 41.0 Å². The first-order valence-corrected chi connectivity index (χ1v) is 12.4. The molecule has 2 aliphatic heterocycles. The Kier molecular flexibility index (Phi) is 5.45. The lowest BCUT2D eigenvalue weighted by molar-refractivity contribution is 0.119. The Morgan fingerprint density at radius 2 is 1.97 bits per heavy atom. The summed E-state index contributed by atoms with van der Waals surface area (Å²) >= 11 is 6.05. The molecule has 1 unspecified atom stereocenters. The molecule has 3 heterocycles. The van der Waals surface area contributed by atoms with E-state index in [9.17, 15) is 9.32 Å². The third-order valence-corrected chi connectivity index (χ3v) is 8.50. The monoisotopic (exact) mass is 446 g/mol. The first-order valence-electron chi connectivity index (χ1n) is 10.7. The van der Waals surface area contributed by atoms with Crippen LogP contribution in [-0.2, 0) is 10.8 Å². The summed E-state index contributed by atoms with van der Waals surface area (Å²) in [5, 5.41) is 10.8. The van der Waals surface area contributed by atoms with Gasteiger partial charge in [0.25, 0.3) is 0 Å². The molecule has 3 aliphatic rings. The van der Waals surface area contributed by atoms with Gasteiger partial charge < -0.3 is 14.9 Å². The summed E-state index contributed by atoms with van der Waals surface area (Å²) in [5.41, 5.74) is 1.04. The minimum absolute atomic E-state index is 0.0788. The molecule has 1 saturated heterocycles. The quantitative estimate of drug-likeness (QED) is 0.772. The normalized spacial score (nSPS) is 25.5. The number of rotatable bonds is 4. The number of aromatic nitrogens is 2. The van der Waals surface area contributed by atoms with Gasteiger partial charge in [-0.1, -0.05) is 23.7 Å². The van der Waals surface area contributed by atoms with E-state index in [1.54, 1.807) is 6.20 Å². The van der Waals surface area contributed by atoms with Crippen molar-refractivity contribution in [2.75, 3.05) is 35.4 Å². The zero-order chi connectivity index (χ0) is 20.7. The molecule has 2 aromatic rings. The van der Waals surface area contributed by atoms with Crippen molar-refractivity contribution < 1.29 is 9.32 Å². The molecule has 2 atom stereocenters. The minimum atomic E-state index is -1.13. The molecule has 1 aromatic carbocycles. The number of hydrogen-bond acceptors (Lipinski definition) is 6. The molecule has 1 N–H and O–H groups in total. The van der Waals surface area contributed by atoms with Gasteiger partial charge in [-0.3, -0.25) is 4.21 Å². The first kappa shape index (κ1) is 20.2. The van der Waals surface area contributed by atoms with Gasteiger partial charge >= 0.3 is 0 Å². The van der Waals surface area contributed by atoms with E-state index in [2.05, 4.69) is 26.9 Å². The molecule has 5 rings (SSSR count). The molecule has 0 radical (unpaired) electrons. The van der Waals surface area contributed by atoms with Crippen LogP contribution in [0, 0.1) is 0 Å². The Morgan fingerprint density at radius 3 is 2.67 bits per heavy atom. The maximum atomic E-state index is 12.6. The van der Waals surface area contributed by atoms with Crippen molar-refractivity contribution in [2.45, 2.75) is 54.9 Å². The van der Waals surface area contributed by atoms with E-state index in [0.29, 0.717) is 22.6 Å². The standard InChI is InChI=1S/C22H27ClN4O2S/c23-18-6-4-17(5-7-18)16-3-1-11-26(12-8-16)21-24-13-19-20(25-21)27(15-30(19)29)22(14-28)9-2-10-22/h4-7,13,16,28H,1-3,8-12,14-15H2/t16?,30-/m0/s1. The predicted molar refractivity (Wildman–Crippen MR) is 120 cm³/mol. The molecule has 1 aliphatic carbocycles. The Hall–Kier alpha value is -1.70. The van der Waals surface area contributed by atoms with Gasteiger partial charge in [0.1, 0.15) is 10.8 Å². The van der Waals surface area contributed by atoms with E-state index in [-0.39, 0.29) is 12.1 Å². The van der Waals surface area contributed by atoms with Crippen LogP contribution in [0.25, 0.3) is 0 Å². The van der Waals surface area contributed by atoms with Gasteiger partial charge in [-0.2, -0.15) is 4.98 Å². The van der Waals surface area contributed by atoms with Crippen LogP contribution >= 0.6 is 11.6 Å². The van der Waals surface area contributed by atoms with Crippen LogP contribution in [0.2, 0.25) is 5.02 Å². The van der Waals surface area contributed by atoms with Crippen molar-refractivity contribution in [2.24, 2.45) is 0 Å². The summed E-state index contributed by atoms with van der Waals surface area (Å²) in [5.74, 6) is 2.39. The van der Waals surface area contributed by atoms with E-state index in [1.165, 1.54) is 5.56 Å². The fourth-order valence-corrected chi connectivity index (χ4v) is 6.36. The zero-order valence-corrected chi connectivity index (χ0v) is 18.5. The van der Waals surface area contributed by atoms with Crippen molar-refractivity contribution in [1.29, 1.82) is 0 Å². The van der Waals surface area contributed by atoms with E-state index in [0.717, 1.165) is 62.5 Å². The van der Waals surface area contributed by atoms with E-state index >= 15 is 0 Å². The number of aliphatic hydroxyl groups excluding tert-OH is 1. The summed E-state index contributed by atoms with van der Waals surface area (Å²) in [6.07, 6.45) is 7.92. The maximum absolute atomic E-state index is 12.6. The van der Waals surface area contributed by atoms with Crippen molar-refractivity contribution in [3.8, 4) is 0 Å². The Bertz CT molecular complexity index is 945. The lowest BCUT2D eigenvalue weighted by Crippen LogP contribution is -2.56. The largest absolute Gasteiger partial charge is 0.394 e. The van der Waals surface area contributed by atoms with E-state index in [4.69, 9.17) is 16.6 Å². The van der Waals surface area contributed by atoms with Gasteiger partial charge in [0.05, 0.1) is 29.1 Å². The topological polar surface area (TPSA) is 69.6 Å². The third-order valence-electron chi connectivity index (χ3n) is 6.97. The van der Waals surface area contributed by atoms with Crippen molar-refractivity contribution in [3.63, 3.8) is 0 Å². The highest BCUT2D eigenvalue weighted by molar-refractivity contribution is 7.85. The van der Waals surface area contributed by atoms with Crippen LogP contribution in [0.15, 0.2) is 35.4 Å². The van der Waals surface area contributed by atoms with Gasteiger partial charge in [0.2, 0.25) is 5.95 Å². The Balaban J connectivity index is 1.36. The molecule has 8 heteroatoms. The maximum Gasteiger partial charge on any atom is 0.227 e. The fourth-order valence-electron chi connectivity index (χ4n) is 4.93. The van der Waals surface area contributed by atoms with Crippen molar-refractivity contribution >= 4 is 34.2 Å². The van der Waals surface area contributed by atoms with Crippen LogP contribution in [0.4, 0.5) is 11.8 Å². The molecule has 30 heavy (non-hydrogen) atoms. The second-order valence-electron chi connectivity index (χ2n) is 8.66. The number of halogens is 1. The number of aliphatic hydroxyl groups is 1. The van der Waals surface area contributed by atoms with Crippen molar-refractivity contribution in [1.82, 2.24) is 9.97 Å². The minimum Gasteiger partial charge on any atom is -0.394 e. The highest BCUT2D eigenvalue weighted by Gasteiger charge is 2.47. The van der Waals surface area contributed by atoms with Gasteiger partial charge in [-0.25, -0.2) is 4.98 Å². The molecule has 6 nitrogen and oxygen atoms in total. The number of nitrogens with zero attached hydrogens (tertiary/aromatic N) is 4. The number of hydrogen-bond donors (Lipinski definition) is 1. The van der Waals surface area contributed by atoms with Crippen LogP contribution in [0.3, 0.4) is 0 Å². The lowest BCUT2D eigenvalue weighted by atomic mass is 9.76. The molecule has 1 saturated carbocycles. The number of fused-ring (bicyclic) bond motifs is 1. The highest BCUT2D eigenvalue weighted by atomic mass is 35.5. The summed E-state index contributed by atoms with van der Waals surface area (Å²) < 4.78 is 12.6. The second-order valence-corrected chi connectivity index (χ2v) is 10.5. The van der Waals surface area contributed by atoms with Gasteiger partial charge in [0, 0.05) is 18.1 Å². The average Bonchev–Trinajstić information content (AvgIpc) is 2.91. The summed E-state index contributed by atoms with van der Waals surface area (Å²) in [6.45, 7) is 1.88. The molecule has 0 bridgehead atoms. The Labute approximate surface area is 184 Å². The van der Waals surface area contributed by atoms with Gasteiger partial charge in [-0.05, 0) is 62.1 Å². The molecule has 0 spiro atoms. The van der Waals surface area contributed by atoms with Gasteiger partial charge in [-0.15, -0.1) is 0 Å². The van der Waals surface area contributed by atoms with Crippen LogP contribution in [0.5, 0.6) is 0 Å². The first-order chi connectivity index (χ1) is 14.6. The smallest absolute Gasteiger partial charge is 0.227 e. The average molecular weight is 447 g/mol. The summed E-state index contributed by atoms with van der Waals surface area (Å²) in [4.78, 5) is 14.5. The van der Waals surface area contributed by atoms with Gasteiger partial charge in [0.15, 0.2) is 5.82 Å². The summed E-state index contributed by atoms with van der Waals surface area (Å²) in [7, 11) is -1.13. The molecule has 0 amide bonds. The molecule has 1 aromatic heterocycles. The fraction of sp³-hybridized carbons (Fsp3) is 0.545. The second kappa shape index (κ2) is 8.09. The third kappa shape index (κ3) is 3.51. The van der Waals surface area contributed by atoms with E-state index in [1.807, 2.05) is 12.1 Å².